The number of aryl methyl sites for hydroxylation is 1. The van der Waals surface area contributed by atoms with E-state index in [0.717, 1.165) is 5.56 Å². The molecule has 0 amide bonds. The first-order valence-electron chi connectivity index (χ1n) is 7.74. The van der Waals surface area contributed by atoms with Crippen molar-refractivity contribution in [3.05, 3.63) is 29.8 Å². The number of hydrogen-bond donors (Lipinski definition) is 0. The highest BCUT2D eigenvalue weighted by Crippen LogP contribution is 2.30. The van der Waals surface area contributed by atoms with E-state index in [1.807, 2.05) is 0 Å². The minimum absolute atomic E-state index is 0.0720. The van der Waals surface area contributed by atoms with Gasteiger partial charge in [-0.25, -0.2) is 4.21 Å². The van der Waals surface area contributed by atoms with Crippen LogP contribution in [0, 0.1) is 6.92 Å². The molecule has 0 N–H and O–H groups in total. The molecule has 1 heterocycles. The molecular weight excluding hydrogens is 413 g/mol. The molecule has 0 aromatic heterocycles. The van der Waals surface area contributed by atoms with Crippen LogP contribution in [0.5, 0.6) is 0 Å². The summed E-state index contributed by atoms with van der Waals surface area (Å²) in [6.45, 7) is 3.56. The molecule has 0 aliphatic carbocycles. The van der Waals surface area contributed by atoms with E-state index in [1.54, 1.807) is 19.1 Å². The van der Waals surface area contributed by atoms with Gasteiger partial charge < -0.3 is 9.47 Å². The van der Waals surface area contributed by atoms with Crippen molar-refractivity contribution in [1.82, 2.24) is 0 Å². The third kappa shape index (κ3) is 6.22. The minimum Gasteiger partial charge on any atom is -0.342 e. The molecule has 0 spiro atoms. The van der Waals surface area contributed by atoms with Crippen LogP contribution in [-0.4, -0.2) is 49.3 Å². The van der Waals surface area contributed by atoms with E-state index >= 15 is 0 Å². The highest BCUT2D eigenvalue weighted by atomic mass is 32.2. The number of rotatable bonds is 7. The van der Waals surface area contributed by atoms with Gasteiger partial charge in [0.1, 0.15) is 12.2 Å². The van der Waals surface area contributed by atoms with Gasteiger partial charge in [0.25, 0.3) is 21.2 Å². The minimum atomic E-state index is -5.03. The summed E-state index contributed by atoms with van der Waals surface area (Å²) in [7, 11) is -4.10. The molecule has 0 radical (unpaired) electrons. The third-order valence-corrected chi connectivity index (χ3v) is 5.53. The number of hydrogen-bond acceptors (Lipinski definition) is 7. The lowest BCUT2D eigenvalue weighted by Gasteiger charge is -2.17. The average Bonchev–Trinajstić information content (AvgIpc) is 2.84. The highest BCUT2D eigenvalue weighted by molar-refractivity contribution is 7.86. The van der Waals surface area contributed by atoms with Gasteiger partial charge in [-0.2, -0.15) is 21.6 Å². The SMILES string of the molecule is Cc1ccc(S(=O)(=O)OC[C@H]2OC(C)(C)O[C@@H]2COS(=O)C(F)(F)F)cc1. The largest absolute Gasteiger partial charge is 0.497 e. The maximum absolute atomic E-state index is 12.3. The van der Waals surface area contributed by atoms with Gasteiger partial charge in [0.05, 0.1) is 18.1 Å². The Bertz CT molecular complexity index is 776. The van der Waals surface area contributed by atoms with Gasteiger partial charge in [-0.1, -0.05) is 17.7 Å². The quantitative estimate of drug-likeness (QED) is 0.612. The molecular formula is C15H19F3O7S2. The summed E-state index contributed by atoms with van der Waals surface area (Å²) in [6.07, 6.45) is -2.13. The van der Waals surface area contributed by atoms with Gasteiger partial charge >= 0.3 is 5.51 Å². The van der Waals surface area contributed by atoms with Crippen molar-refractivity contribution in [3.8, 4) is 0 Å². The number of ether oxygens (including phenoxy) is 2. The molecule has 27 heavy (non-hydrogen) atoms. The topological polar surface area (TPSA) is 88.1 Å². The van der Waals surface area contributed by atoms with E-state index in [-0.39, 0.29) is 4.90 Å². The first kappa shape index (κ1) is 22.2. The van der Waals surface area contributed by atoms with Gasteiger partial charge in [0, 0.05) is 0 Å². The lowest BCUT2D eigenvalue weighted by atomic mass is 10.2. The van der Waals surface area contributed by atoms with Gasteiger partial charge in [-0.3, -0.25) is 8.37 Å². The van der Waals surface area contributed by atoms with Crippen molar-refractivity contribution in [3.63, 3.8) is 0 Å². The summed E-state index contributed by atoms with van der Waals surface area (Å²) in [5, 5.41) is 0. The van der Waals surface area contributed by atoms with Crippen LogP contribution >= 0.6 is 0 Å². The van der Waals surface area contributed by atoms with E-state index < -0.39 is 57.9 Å². The summed E-state index contributed by atoms with van der Waals surface area (Å²) in [5.74, 6) is -1.20. The monoisotopic (exact) mass is 432 g/mol. The molecule has 1 unspecified atom stereocenters. The van der Waals surface area contributed by atoms with Crippen LogP contribution in [0.4, 0.5) is 13.2 Å². The van der Waals surface area contributed by atoms with Crippen molar-refractivity contribution in [2.45, 2.75) is 49.2 Å². The highest BCUT2D eigenvalue weighted by Gasteiger charge is 2.45. The fraction of sp³-hybridized carbons (Fsp3) is 0.600. The van der Waals surface area contributed by atoms with Crippen molar-refractivity contribution in [2.24, 2.45) is 0 Å². The van der Waals surface area contributed by atoms with Crippen LogP contribution in [0.2, 0.25) is 0 Å². The Hall–Kier alpha value is -1.05. The molecule has 7 nitrogen and oxygen atoms in total. The van der Waals surface area contributed by atoms with Crippen molar-refractivity contribution < 1.29 is 43.6 Å². The Balaban J connectivity index is 2.02. The Kier molecular flexibility index (Phi) is 6.70. The molecule has 3 atom stereocenters. The molecule has 1 aromatic carbocycles. The molecule has 2 rings (SSSR count). The van der Waals surface area contributed by atoms with Gasteiger partial charge in [0.15, 0.2) is 5.79 Å². The van der Waals surface area contributed by atoms with Gasteiger partial charge in [0.2, 0.25) is 0 Å². The summed E-state index contributed by atoms with van der Waals surface area (Å²) >= 11 is -3.52. The van der Waals surface area contributed by atoms with Crippen LogP contribution in [-0.2, 0) is 39.0 Å². The fourth-order valence-electron chi connectivity index (χ4n) is 2.32. The van der Waals surface area contributed by atoms with Crippen LogP contribution in [0.15, 0.2) is 29.2 Å². The fourth-order valence-corrected chi connectivity index (χ4v) is 3.63. The third-order valence-electron chi connectivity index (χ3n) is 3.51. The number of halogens is 3. The normalized spacial score (nSPS) is 24.1. The Morgan fingerprint density at radius 3 is 2.15 bits per heavy atom. The zero-order chi connectivity index (χ0) is 20.5. The summed E-state index contributed by atoms with van der Waals surface area (Å²) in [6, 6.07) is 5.93. The molecule has 1 aliphatic heterocycles. The van der Waals surface area contributed by atoms with Crippen LogP contribution < -0.4 is 0 Å². The average molecular weight is 432 g/mol. The van der Waals surface area contributed by atoms with Crippen molar-refractivity contribution in [1.29, 1.82) is 0 Å². The molecule has 1 fully saturated rings. The zero-order valence-corrected chi connectivity index (χ0v) is 16.3. The molecule has 0 bridgehead atoms. The molecule has 12 heteroatoms. The number of alkyl halides is 3. The smallest absolute Gasteiger partial charge is 0.342 e. The Labute approximate surface area is 157 Å². The lowest BCUT2D eigenvalue weighted by Crippen LogP contribution is -2.34. The van der Waals surface area contributed by atoms with E-state index in [4.69, 9.17) is 13.7 Å². The standard InChI is InChI=1S/C15H19F3O7S2/c1-10-4-6-11(7-5-10)27(20,21)23-9-13-12(24-14(2,3)25-13)8-22-26(19)15(16,17)18/h4-7,12-13H,8-9H2,1-3H3/t12-,13-,26?/m1/s1. The number of benzene rings is 1. The second kappa shape index (κ2) is 8.13. The predicted octanol–water partition coefficient (Wildman–Crippen LogP) is 2.42. The van der Waals surface area contributed by atoms with Gasteiger partial charge in [-0.15, -0.1) is 0 Å². The first-order valence-corrected chi connectivity index (χ1v) is 10.2. The summed E-state index contributed by atoms with van der Waals surface area (Å²) < 4.78 is 92.3. The molecule has 1 aliphatic rings. The molecule has 154 valence electrons. The lowest BCUT2D eigenvalue weighted by molar-refractivity contribution is -0.150. The van der Waals surface area contributed by atoms with Crippen LogP contribution in [0.1, 0.15) is 19.4 Å². The molecule has 0 saturated carbocycles. The maximum Gasteiger partial charge on any atom is 0.497 e. The van der Waals surface area contributed by atoms with E-state index in [1.165, 1.54) is 26.0 Å². The molecule has 1 saturated heterocycles. The summed E-state index contributed by atoms with van der Waals surface area (Å²) in [5.41, 5.74) is -4.17. The van der Waals surface area contributed by atoms with Crippen LogP contribution in [0.25, 0.3) is 0 Å². The molecule has 1 aromatic rings. The van der Waals surface area contributed by atoms with E-state index in [9.17, 15) is 25.8 Å². The van der Waals surface area contributed by atoms with E-state index in [2.05, 4.69) is 4.18 Å². The Morgan fingerprint density at radius 1 is 1.11 bits per heavy atom. The second-order valence-corrected chi connectivity index (χ2v) is 9.01. The van der Waals surface area contributed by atoms with Gasteiger partial charge in [-0.05, 0) is 32.9 Å². The van der Waals surface area contributed by atoms with Crippen molar-refractivity contribution >= 4 is 21.2 Å². The van der Waals surface area contributed by atoms with Crippen LogP contribution in [0.3, 0.4) is 0 Å². The predicted molar refractivity (Wildman–Crippen MR) is 88.3 cm³/mol. The maximum atomic E-state index is 12.3. The zero-order valence-electron chi connectivity index (χ0n) is 14.7. The first-order chi connectivity index (χ1) is 12.3. The van der Waals surface area contributed by atoms with E-state index in [0.29, 0.717) is 0 Å². The van der Waals surface area contributed by atoms with Crippen molar-refractivity contribution in [2.75, 3.05) is 13.2 Å². The summed E-state index contributed by atoms with van der Waals surface area (Å²) in [4.78, 5) is -0.0720. The second-order valence-electron chi connectivity index (χ2n) is 6.23. The Morgan fingerprint density at radius 2 is 1.63 bits per heavy atom.